The minimum absolute atomic E-state index is 0.303. The first-order valence-corrected chi connectivity index (χ1v) is 7.63. The molecule has 1 saturated heterocycles. The summed E-state index contributed by atoms with van der Waals surface area (Å²) in [7, 11) is -3.19. The highest BCUT2D eigenvalue weighted by Gasteiger charge is 2.26. The summed E-state index contributed by atoms with van der Waals surface area (Å²) < 4.78 is 24.1. The van der Waals surface area contributed by atoms with Crippen LogP contribution in [0.5, 0.6) is 0 Å². The van der Waals surface area contributed by atoms with Gasteiger partial charge in [-0.05, 0) is 12.8 Å². The maximum absolute atomic E-state index is 11.7. The molecular weight excluding hydrogens is 244 g/mol. The zero-order valence-electron chi connectivity index (χ0n) is 10.3. The van der Waals surface area contributed by atoms with Crippen molar-refractivity contribution in [2.24, 2.45) is 0 Å². The minimum Gasteiger partial charge on any atom is -0.383 e. The Morgan fingerprint density at radius 3 is 2.47 bits per heavy atom. The molecule has 1 aliphatic heterocycles. The molecular formula is C10H20N2O4S. The molecule has 1 atom stereocenters. The second-order valence-electron chi connectivity index (χ2n) is 4.26. The molecule has 0 unspecified atom stereocenters. The lowest BCUT2D eigenvalue weighted by atomic mass is 10.2. The number of sulfonamides is 1. The van der Waals surface area contributed by atoms with Gasteiger partial charge < -0.3 is 10.0 Å². The quantitative estimate of drug-likeness (QED) is 0.727. The maximum Gasteiger partial charge on any atom is 0.251 e. The van der Waals surface area contributed by atoms with Gasteiger partial charge in [0, 0.05) is 26.2 Å². The molecule has 0 aromatic carbocycles. The molecule has 1 aliphatic rings. The summed E-state index contributed by atoms with van der Waals surface area (Å²) in [5.41, 5.74) is 0. The van der Waals surface area contributed by atoms with Gasteiger partial charge in [-0.2, -0.15) is 0 Å². The van der Waals surface area contributed by atoms with Crippen LogP contribution in [0.3, 0.4) is 0 Å². The van der Waals surface area contributed by atoms with E-state index < -0.39 is 16.1 Å². The Morgan fingerprint density at radius 1 is 1.29 bits per heavy atom. The van der Waals surface area contributed by atoms with Crippen LogP contribution in [0.15, 0.2) is 0 Å². The van der Waals surface area contributed by atoms with E-state index >= 15 is 0 Å². The van der Waals surface area contributed by atoms with Gasteiger partial charge in [-0.3, -0.25) is 4.79 Å². The number of aliphatic hydroxyl groups excluding tert-OH is 1. The number of carbonyl (C=O) groups excluding carboxylic acids is 1. The Kier molecular flexibility index (Phi) is 4.91. The summed E-state index contributed by atoms with van der Waals surface area (Å²) in [5.74, 6) is -0.303. The van der Waals surface area contributed by atoms with Crippen LogP contribution in [-0.4, -0.2) is 67.2 Å². The van der Waals surface area contributed by atoms with E-state index in [1.807, 2.05) is 0 Å². The molecule has 1 N–H and O–H groups in total. The van der Waals surface area contributed by atoms with Gasteiger partial charge in [-0.25, -0.2) is 12.7 Å². The average Bonchev–Trinajstić information content (AvgIpc) is 2.51. The molecule has 7 heteroatoms. The first kappa shape index (κ1) is 14.4. The van der Waals surface area contributed by atoms with E-state index in [4.69, 9.17) is 0 Å². The molecule has 1 heterocycles. The Hall–Kier alpha value is -0.660. The highest BCUT2D eigenvalue weighted by molar-refractivity contribution is 7.88. The van der Waals surface area contributed by atoms with Crippen LogP contribution < -0.4 is 0 Å². The zero-order valence-corrected chi connectivity index (χ0v) is 11.1. The smallest absolute Gasteiger partial charge is 0.251 e. The van der Waals surface area contributed by atoms with Crippen molar-refractivity contribution in [3.8, 4) is 0 Å². The van der Waals surface area contributed by atoms with E-state index in [0.717, 1.165) is 0 Å². The molecule has 1 rings (SSSR count). The molecule has 1 amide bonds. The molecule has 0 saturated carbocycles. The SMILES string of the molecule is CC[C@@H](O)C(=O)N1CCCN(S(C)(=O)=O)CC1. The molecule has 0 aliphatic carbocycles. The topological polar surface area (TPSA) is 77.9 Å². The number of amides is 1. The van der Waals surface area contributed by atoms with Gasteiger partial charge >= 0.3 is 0 Å². The molecule has 0 bridgehead atoms. The largest absolute Gasteiger partial charge is 0.383 e. The summed E-state index contributed by atoms with van der Waals surface area (Å²) in [6.07, 6.45) is 1.19. The molecule has 1 fully saturated rings. The molecule has 0 radical (unpaired) electrons. The van der Waals surface area contributed by atoms with E-state index in [0.29, 0.717) is 39.0 Å². The number of hydrogen-bond acceptors (Lipinski definition) is 4. The van der Waals surface area contributed by atoms with Crippen molar-refractivity contribution in [1.82, 2.24) is 9.21 Å². The Morgan fingerprint density at radius 2 is 1.94 bits per heavy atom. The zero-order chi connectivity index (χ0) is 13.1. The summed E-state index contributed by atoms with van der Waals surface area (Å²) in [4.78, 5) is 13.3. The van der Waals surface area contributed by atoms with Gasteiger partial charge in [-0.1, -0.05) is 6.92 Å². The molecule has 17 heavy (non-hydrogen) atoms. The lowest BCUT2D eigenvalue weighted by molar-refractivity contribution is -0.140. The van der Waals surface area contributed by atoms with Gasteiger partial charge in [0.2, 0.25) is 10.0 Å². The lowest BCUT2D eigenvalue weighted by Crippen LogP contribution is -2.41. The lowest BCUT2D eigenvalue weighted by Gasteiger charge is -2.23. The second kappa shape index (κ2) is 5.79. The first-order chi connectivity index (χ1) is 7.86. The molecule has 0 aromatic rings. The predicted molar refractivity (Wildman–Crippen MR) is 63.9 cm³/mol. The van der Waals surface area contributed by atoms with Crippen LogP contribution in [0.4, 0.5) is 0 Å². The molecule has 0 spiro atoms. The van der Waals surface area contributed by atoms with Gasteiger partial charge in [0.25, 0.3) is 5.91 Å². The monoisotopic (exact) mass is 264 g/mol. The van der Waals surface area contributed by atoms with Crippen molar-refractivity contribution < 1.29 is 18.3 Å². The number of rotatable bonds is 3. The Labute approximate surface area is 102 Å². The van der Waals surface area contributed by atoms with E-state index in [9.17, 15) is 18.3 Å². The third-order valence-electron chi connectivity index (χ3n) is 2.91. The van der Waals surface area contributed by atoms with Crippen molar-refractivity contribution in [1.29, 1.82) is 0 Å². The first-order valence-electron chi connectivity index (χ1n) is 5.78. The van der Waals surface area contributed by atoms with Crippen molar-refractivity contribution in [2.75, 3.05) is 32.4 Å². The van der Waals surface area contributed by atoms with Crippen LogP contribution in [0.25, 0.3) is 0 Å². The van der Waals surface area contributed by atoms with Crippen LogP contribution in [0, 0.1) is 0 Å². The summed E-state index contributed by atoms with van der Waals surface area (Å²) >= 11 is 0. The number of carbonyl (C=O) groups is 1. The molecule has 100 valence electrons. The van der Waals surface area contributed by atoms with E-state index in [1.54, 1.807) is 11.8 Å². The van der Waals surface area contributed by atoms with Gasteiger partial charge in [0.1, 0.15) is 6.10 Å². The predicted octanol–water partition coefficient (Wildman–Crippen LogP) is -0.749. The molecule has 6 nitrogen and oxygen atoms in total. The van der Waals surface area contributed by atoms with Crippen molar-refractivity contribution in [2.45, 2.75) is 25.9 Å². The average molecular weight is 264 g/mol. The normalized spacial score (nSPS) is 21.0. The van der Waals surface area contributed by atoms with Crippen molar-refractivity contribution >= 4 is 15.9 Å². The highest BCUT2D eigenvalue weighted by Crippen LogP contribution is 2.09. The van der Waals surface area contributed by atoms with E-state index in [-0.39, 0.29) is 5.91 Å². The third kappa shape index (κ3) is 3.93. The fraction of sp³-hybridized carbons (Fsp3) is 0.900. The molecule has 0 aromatic heterocycles. The summed E-state index contributed by atoms with van der Waals surface area (Å²) in [6, 6.07) is 0. The van der Waals surface area contributed by atoms with Gasteiger partial charge in [0.05, 0.1) is 6.26 Å². The third-order valence-corrected chi connectivity index (χ3v) is 4.21. The van der Waals surface area contributed by atoms with Gasteiger partial charge in [-0.15, -0.1) is 0 Å². The van der Waals surface area contributed by atoms with E-state index in [2.05, 4.69) is 0 Å². The van der Waals surface area contributed by atoms with E-state index in [1.165, 1.54) is 10.6 Å². The maximum atomic E-state index is 11.7. The Balaban J connectivity index is 2.62. The fourth-order valence-electron chi connectivity index (χ4n) is 1.83. The number of nitrogens with zero attached hydrogens (tertiary/aromatic N) is 2. The number of hydrogen-bond donors (Lipinski definition) is 1. The van der Waals surface area contributed by atoms with Crippen LogP contribution >= 0.6 is 0 Å². The van der Waals surface area contributed by atoms with Crippen molar-refractivity contribution in [3.63, 3.8) is 0 Å². The standard InChI is InChI=1S/C10H20N2O4S/c1-3-9(13)10(14)11-5-4-6-12(8-7-11)17(2,15)16/h9,13H,3-8H2,1-2H3/t9-/m1/s1. The number of aliphatic hydroxyl groups is 1. The Bertz CT molecular complexity index is 369. The minimum atomic E-state index is -3.19. The highest BCUT2D eigenvalue weighted by atomic mass is 32.2. The van der Waals surface area contributed by atoms with Crippen LogP contribution in [0.2, 0.25) is 0 Å². The fourth-order valence-corrected chi connectivity index (χ4v) is 2.71. The summed E-state index contributed by atoms with van der Waals surface area (Å²) in [5, 5.41) is 9.47. The van der Waals surface area contributed by atoms with Crippen LogP contribution in [-0.2, 0) is 14.8 Å². The van der Waals surface area contributed by atoms with Crippen molar-refractivity contribution in [3.05, 3.63) is 0 Å². The van der Waals surface area contributed by atoms with Gasteiger partial charge in [0.15, 0.2) is 0 Å². The second-order valence-corrected chi connectivity index (χ2v) is 6.25. The summed E-state index contributed by atoms with van der Waals surface area (Å²) in [6.45, 7) is 3.33. The van der Waals surface area contributed by atoms with Crippen LogP contribution in [0.1, 0.15) is 19.8 Å².